The Morgan fingerprint density at radius 3 is 3.07 bits per heavy atom. The molecule has 0 fully saturated rings. The van der Waals surface area contributed by atoms with E-state index in [0.29, 0.717) is 16.0 Å². The lowest BCUT2D eigenvalue weighted by atomic mass is 10.5. The fourth-order valence-corrected chi connectivity index (χ4v) is 2.18. The molecule has 2 heterocycles. The minimum Gasteiger partial charge on any atom is -0.440 e. The summed E-state index contributed by atoms with van der Waals surface area (Å²) in [6.07, 6.45) is 1.62. The summed E-state index contributed by atoms with van der Waals surface area (Å²) in [6, 6.07) is 0. The van der Waals surface area contributed by atoms with E-state index in [0.717, 1.165) is 11.4 Å². The van der Waals surface area contributed by atoms with Crippen LogP contribution < -0.4 is 5.73 Å². The molecule has 0 saturated heterocycles. The molecule has 0 aromatic carbocycles. The van der Waals surface area contributed by atoms with Crippen molar-refractivity contribution in [2.75, 3.05) is 5.73 Å². The normalized spacial score (nSPS) is 10.6. The summed E-state index contributed by atoms with van der Waals surface area (Å²) in [6.45, 7) is 1.88. The van der Waals surface area contributed by atoms with Crippen molar-refractivity contribution in [3.05, 3.63) is 17.7 Å². The molecule has 0 amide bonds. The lowest BCUT2D eigenvalue weighted by molar-refractivity contribution is 0.454. The summed E-state index contributed by atoms with van der Waals surface area (Å²) < 4.78 is 8.91. The molecule has 2 aromatic rings. The third-order valence-corrected chi connectivity index (χ3v) is 2.96. The molecule has 0 aliphatic heterocycles. The van der Waals surface area contributed by atoms with Gasteiger partial charge < -0.3 is 10.2 Å². The molecule has 14 heavy (non-hydrogen) atoms. The lowest BCUT2D eigenvalue weighted by Crippen LogP contribution is -1.88. The molecule has 74 valence electrons. The van der Waals surface area contributed by atoms with Crippen LogP contribution in [0.1, 0.15) is 11.4 Å². The van der Waals surface area contributed by atoms with E-state index in [4.69, 9.17) is 10.2 Å². The Morgan fingerprint density at radius 2 is 2.50 bits per heavy atom. The maximum absolute atomic E-state index is 5.64. The molecule has 0 atom stereocenters. The zero-order valence-corrected chi connectivity index (χ0v) is 9.06. The predicted molar refractivity (Wildman–Crippen MR) is 55.1 cm³/mol. The second kappa shape index (κ2) is 3.97. The van der Waals surface area contributed by atoms with Crippen LogP contribution in [0.25, 0.3) is 0 Å². The van der Waals surface area contributed by atoms with Crippen molar-refractivity contribution in [2.24, 2.45) is 0 Å². The fraction of sp³-hybridized carbons (Fsp3) is 0.286. The molecule has 0 bridgehead atoms. The molecule has 0 saturated carbocycles. The fourth-order valence-electron chi connectivity index (χ4n) is 0.844. The first-order chi connectivity index (χ1) is 6.75. The Hall–Kier alpha value is -1.08. The van der Waals surface area contributed by atoms with Crippen LogP contribution in [0.5, 0.6) is 0 Å². The first-order valence-corrected chi connectivity index (χ1v) is 5.63. The molecule has 0 spiro atoms. The number of oxazole rings is 1. The summed E-state index contributed by atoms with van der Waals surface area (Å²) in [5.74, 6) is 0.641. The smallest absolute Gasteiger partial charge is 0.256 e. The van der Waals surface area contributed by atoms with Crippen molar-refractivity contribution in [1.29, 1.82) is 0 Å². The van der Waals surface area contributed by atoms with E-state index >= 15 is 0 Å². The number of nitrogens with two attached hydrogens (primary N) is 1. The average molecular weight is 228 g/mol. The zero-order valence-electron chi connectivity index (χ0n) is 7.43. The number of hydrogen-bond donors (Lipinski definition) is 1. The largest absolute Gasteiger partial charge is 0.440 e. The number of rotatable bonds is 3. The molecular weight excluding hydrogens is 220 g/mol. The third-order valence-electron chi connectivity index (χ3n) is 1.52. The predicted octanol–water partition coefficient (Wildman–Crippen LogP) is 1.71. The highest BCUT2D eigenvalue weighted by Crippen LogP contribution is 2.24. The summed E-state index contributed by atoms with van der Waals surface area (Å²) in [5.41, 5.74) is 7.30. The van der Waals surface area contributed by atoms with E-state index in [1.54, 1.807) is 6.26 Å². The van der Waals surface area contributed by atoms with Crippen molar-refractivity contribution in [2.45, 2.75) is 17.9 Å². The minimum absolute atomic E-state index is 0.634. The molecular formula is C7H8N4OS2. The number of hydrogen-bond acceptors (Lipinski definition) is 7. The van der Waals surface area contributed by atoms with E-state index in [1.165, 1.54) is 23.3 Å². The Labute approximate surface area is 88.9 Å². The van der Waals surface area contributed by atoms with Crippen LogP contribution in [0.4, 0.5) is 5.00 Å². The van der Waals surface area contributed by atoms with Gasteiger partial charge in [0.25, 0.3) is 5.22 Å². The molecule has 0 unspecified atom stereocenters. The Kier molecular flexibility index (Phi) is 2.69. The van der Waals surface area contributed by atoms with Gasteiger partial charge in [0.1, 0.15) is 17.0 Å². The van der Waals surface area contributed by atoms with Gasteiger partial charge in [0.2, 0.25) is 0 Å². The first kappa shape index (κ1) is 9.47. The van der Waals surface area contributed by atoms with Crippen molar-refractivity contribution < 1.29 is 4.42 Å². The van der Waals surface area contributed by atoms with Crippen LogP contribution in [0.2, 0.25) is 0 Å². The Balaban J connectivity index is 1.98. The van der Waals surface area contributed by atoms with Gasteiger partial charge in [0, 0.05) is 11.5 Å². The molecule has 7 heteroatoms. The Bertz CT molecular complexity index is 425. The summed E-state index contributed by atoms with van der Waals surface area (Å²) in [5, 5.41) is 5.18. The van der Waals surface area contributed by atoms with Crippen molar-refractivity contribution in [3.8, 4) is 0 Å². The van der Waals surface area contributed by atoms with Gasteiger partial charge in [-0.3, -0.25) is 0 Å². The van der Waals surface area contributed by atoms with E-state index in [-0.39, 0.29) is 0 Å². The van der Waals surface area contributed by atoms with E-state index in [9.17, 15) is 0 Å². The lowest BCUT2D eigenvalue weighted by Gasteiger charge is -1.92. The number of anilines is 1. The van der Waals surface area contributed by atoms with Gasteiger partial charge in [0.05, 0.1) is 11.4 Å². The van der Waals surface area contributed by atoms with Gasteiger partial charge in [0.15, 0.2) is 0 Å². The molecule has 0 aliphatic carbocycles. The molecule has 2 N–H and O–H groups in total. The van der Waals surface area contributed by atoms with Crippen LogP contribution in [0.15, 0.2) is 15.9 Å². The molecule has 2 rings (SSSR count). The number of nitrogens with zero attached hydrogens (tertiary/aromatic N) is 3. The molecule has 0 radical (unpaired) electrons. The molecule has 2 aromatic heterocycles. The van der Waals surface area contributed by atoms with Crippen LogP contribution in [-0.2, 0) is 5.75 Å². The Morgan fingerprint density at radius 1 is 1.64 bits per heavy atom. The molecule has 5 nitrogen and oxygen atoms in total. The quantitative estimate of drug-likeness (QED) is 0.806. The van der Waals surface area contributed by atoms with Crippen molar-refractivity contribution in [1.82, 2.24) is 14.6 Å². The standard InChI is InChI=1S/C7H8N4OS2/c1-4-2-12-7(9-4)13-3-5-6(8)14-11-10-5/h2H,3,8H2,1H3. The highest BCUT2D eigenvalue weighted by Gasteiger charge is 2.07. The van der Waals surface area contributed by atoms with E-state index < -0.39 is 0 Å². The number of nitrogen functional groups attached to an aromatic ring is 1. The number of aryl methyl sites for hydroxylation is 1. The maximum atomic E-state index is 5.64. The third kappa shape index (κ3) is 2.05. The van der Waals surface area contributed by atoms with Gasteiger partial charge in [-0.05, 0) is 6.92 Å². The van der Waals surface area contributed by atoms with Gasteiger partial charge >= 0.3 is 0 Å². The highest BCUT2D eigenvalue weighted by atomic mass is 32.2. The monoisotopic (exact) mass is 228 g/mol. The molecule has 0 aliphatic rings. The van der Waals surface area contributed by atoms with Crippen LogP contribution in [0.3, 0.4) is 0 Å². The maximum Gasteiger partial charge on any atom is 0.256 e. The first-order valence-electron chi connectivity index (χ1n) is 3.87. The number of thioether (sulfide) groups is 1. The summed E-state index contributed by atoms with van der Waals surface area (Å²) in [4.78, 5) is 4.15. The second-order valence-corrected chi connectivity index (χ2v) is 4.34. The zero-order chi connectivity index (χ0) is 9.97. The minimum atomic E-state index is 0.634. The van der Waals surface area contributed by atoms with Gasteiger partial charge in [-0.25, -0.2) is 4.98 Å². The van der Waals surface area contributed by atoms with Crippen molar-refractivity contribution in [3.63, 3.8) is 0 Å². The summed E-state index contributed by atoms with van der Waals surface area (Å²) >= 11 is 2.66. The van der Waals surface area contributed by atoms with Gasteiger partial charge in [-0.1, -0.05) is 16.3 Å². The van der Waals surface area contributed by atoms with E-state index in [2.05, 4.69) is 14.6 Å². The summed E-state index contributed by atoms with van der Waals surface area (Å²) in [7, 11) is 0. The highest BCUT2D eigenvalue weighted by molar-refractivity contribution is 7.98. The average Bonchev–Trinajstić information content (AvgIpc) is 2.72. The van der Waals surface area contributed by atoms with Gasteiger partial charge in [-0.2, -0.15) is 0 Å². The van der Waals surface area contributed by atoms with Crippen molar-refractivity contribution >= 4 is 28.3 Å². The number of aromatic nitrogens is 3. The van der Waals surface area contributed by atoms with Crippen LogP contribution in [-0.4, -0.2) is 14.6 Å². The van der Waals surface area contributed by atoms with Gasteiger partial charge in [-0.15, -0.1) is 5.10 Å². The van der Waals surface area contributed by atoms with Crippen LogP contribution >= 0.6 is 23.3 Å². The topological polar surface area (TPSA) is 77.8 Å². The SMILES string of the molecule is Cc1coc(SCc2nnsc2N)n1. The second-order valence-electron chi connectivity index (χ2n) is 2.63. The van der Waals surface area contributed by atoms with E-state index in [1.807, 2.05) is 6.92 Å². The van der Waals surface area contributed by atoms with Crippen LogP contribution in [0, 0.1) is 6.92 Å².